The van der Waals surface area contributed by atoms with Crippen molar-refractivity contribution in [3.63, 3.8) is 0 Å². The Hall–Kier alpha value is -3.84. The quantitative estimate of drug-likeness (QED) is 0.288. The Kier molecular flexibility index (Phi) is 7.97. The summed E-state index contributed by atoms with van der Waals surface area (Å²) in [5.41, 5.74) is 5.20. The van der Waals surface area contributed by atoms with Crippen LogP contribution in [-0.2, 0) is 16.0 Å². The van der Waals surface area contributed by atoms with Crippen LogP contribution in [0.15, 0.2) is 65.2 Å². The predicted molar refractivity (Wildman–Crippen MR) is 160 cm³/mol. The van der Waals surface area contributed by atoms with Crippen LogP contribution in [0.3, 0.4) is 0 Å². The third-order valence-corrected chi connectivity index (χ3v) is 8.47. The Bertz CT molecular complexity index is 1540. The molecule has 6 rings (SSSR count). The number of carbonyl (C=O) groups is 2. The normalized spacial score (nSPS) is 17.1. The number of fused-ring (bicyclic) bond motifs is 1. The number of hydrogen-bond donors (Lipinski definition) is 1. The van der Waals surface area contributed by atoms with E-state index in [9.17, 15) is 9.59 Å². The maximum Gasteiger partial charge on any atom is 0.234 e. The molecule has 4 aromatic rings. The van der Waals surface area contributed by atoms with E-state index in [0.717, 1.165) is 59.5 Å². The highest BCUT2D eigenvalue weighted by molar-refractivity contribution is 5.94. The molecule has 2 aromatic carbocycles. The van der Waals surface area contributed by atoms with Crippen molar-refractivity contribution in [2.24, 2.45) is 5.92 Å². The molecule has 7 heteroatoms. The lowest BCUT2D eigenvalue weighted by Gasteiger charge is -2.32. The van der Waals surface area contributed by atoms with Crippen molar-refractivity contribution in [1.82, 2.24) is 9.88 Å². The number of rotatable bonds is 7. The molecule has 1 atom stereocenters. The zero-order valence-electron chi connectivity index (χ0n) is 24.0. The number of nitrogens with one attached hydrogen (secondary N) is 1. The predicted octanol–water partition coefficient (Wildman–Crippen LogP) is 6.36. The van der Waals surface area contributed by atoms with Gasteiger partial charge in [0.1, 0.15) is 17.6 Å². The van der Waals surface area contributed by atoms with E-state index in [4.69, 9.17) is 9.15 Å². The summed E-state index contributed by atoms with van der Waals surface area (Å²) in [6, 6.07) is 17.9. The van der Waals surface area contributed by atoms with Gasteiger partial charge in [0, 0.05) is 55.1 Å². The highest BCUT2D eigenvalue weighted by Crippen LogP contribution is 2.34. The highest BCUT2D eigenvalue weighted by Gasteiger charge is 2.27. The zero-order valence-corrected chi connectivity index (χ0v) is 24.0. The maximum absolute atomic E-state index is 13.5. The second kappa shape index (κ2) is 12.0. The minimum absolute atomic E-state index is 0.0106. The molecule has 41 heavy (non-hydrogen) atoms. The van der Waals surface area contributed by atoms with Gasteiger partial charge in [-0.1, -0.05) is 18.2 Å². The molecule has 2 saturated heterocycles. The topological polar surface area (TPSA) is 76.7 Å². The molecule has 2 fully saturated rings. The van der Waals surface area contributed by atoms with Crippen molar-refractivity contribution >= 4 is 28.4 Å². The summed E-state index contributed by atoms with van der Waals surface area (Å²) >= 11 is 0. The first-order valence-electron chi connectivity index (χ1n) is 14.9. The summed E-state index contributed by atoms with van der Waals surface area (Å²) in [4.78, 5) is 29.1. The number of amides is 1. The Morgan fingerprint density at radius 3 is 2.51 bits per heavy atom. The molecule has 214 valence electrons. The zero-order chi connectivity index (χ0) is 28.3. The van der Waals surface area contributed by atoms with Gasteiger partial charge in [-0.15, -0.1) is 0 Å². The molecular weight excluding hydrogens is 514 g/mol. The number of anilines is 1. The number of hydrogen-bond acceptors (Lipinski definition) is 5. The molecule has 0 spiro atoms. The third kappa shape index (κ3) is 5.96. The Labute approximate surface area is 241 Å². The van der Waals surface area contributed by atoms with Gasteiger partial charge in [-0.2, -0.15) is 0 Å². The molecule has 4 heterocycles. The number of furan rings is 1. The first-order valence-corrected chi connectivity index (χ1v) is 14.9. The molecule has 0 bridgehead atoms. The van der Waals surface area contributed by atoms with E-state index < -0.39 is 6.04 Å². The van der Waals surface area contributed by atoms with Crippen LogP contribution in [0.2, 0.25) is 0 Å². The van der Waals surface area contributed by atoms with Crippen LogP contribution in [0.25, 0.3) is 10.9 Å². The lowest BCUT2D eigenvalue weighted by atomic mass is 9.97. The summed E-state index contributed by atoms with van der Waals surface area (Å²) in [5.74, 6) is 1.58. The second-order valence-corrected chi connectivity index (χ2v) is 11.5. The van der Waals surface area contributed by atoms with Crippen molar-refractivity contribution in [2.75, 3.05) is 31.2 Å². The van der Waals surface area contributed by atoms with E-state index in [1.54, 1.807) is 4.57 Å². The van der Waals surface area contributed by atoms with Gasteiger partial charge in [-0.3, -0.25) is 14.2 Å². The van der Waals surface area contributed by atoms with E-state index in [2.05, 4.69) is 35.3 Å². The number of piperidine rings is 1. The van der Waals surface area contributed by atoms with Gasteiger partial charge < -0.3 is 19.4 Å². The SMILES string of the molecule is Cc1ccc(C(NC(=O)Cc2ccc3c(ccn3C(=O)C3CCOCC3)c2)c2ccc(C)o2)c(N2CCCCC2)c1. The van der Waals surface area contributed by atoms with E-state index in [1.807, 2.05) is 49.5 Å². The second-order valence-electron chi connectivity index (χ2n) is 11.5. The fourth-order valence-corrected chi connectivity index (χ4v) is 6.25. The largest absolute Gasteiger partial charge is 0.464 e. The van der Waals surface area contributed by atoms with Gasteiger partial charge in [-0.05, 0) is 93.5 Å². The summed E-state index contributed by atoms with van der Waals surface area (Å²) in [6.45, 7) is 7.35. The van der Waals surface area contributed by atoms with E-state index in [0.29, 0.717) is 13.2 Å². The van der Waals surface area contributed by atoms with Gasteiger partial charge >= 0.3 is 0 Å². The molecule has 1 N–H and O–H groups in total. The first kappa shape index (κ1) is 27.3. The van der Waals surface area contributed by atoms with E-state index >= 15 is 0 Å². The molecule has 2 aliphatic rings. The molecule has 1 amide bonds. The monoisotopic (exact) mass is 553 g/mol. The Balaban J connectivity index is 1.24. The van der Waals surface area contributed by atoms with Crippen molar-refractivity contribution in [3.8, 4) is 0 Å². The van der Waals surface area contributed by atoms with Gasteiger partial charge in [0.15, 0.2) is 0 Å². The number of carbonyl (C=O) groups excluding carboxylic acids is 2. The number of ether oxygens (including phenoxy) is 1. The van der Waals surface area contributed by atoms with Gasteiger partial charge in [-0.25, -0.2) is 0 Å². The van der Waals surface area contributed by atoms with Crippen LogP contribution in [0.4, 0.5) is 5.69 Å². The lowest BCUT2D eigenvalue weighted by molar-refractivity contribution is -0.121. The number of aryl methyl sites for hydroxylation is 2. The van der Waals surface area contributed by atoms with Gasteiger partial charge in [0.25, 0.3) is 0 Å². The number of aromatic nitrogens is 1. The Morgan fingerprint density at radius 2 is 1.76 bits per heavy atom. The molecule has 0 aliphatic carbocycles. The molecule has 2 aliphatic heterocycles. The van der Waals surface area contributed by atoms with Crippen LogP contribution < -0.4 is 10.2 Å². The van der Waals surface area contributed by atoms with Crippen LogP contribution >= 0.6 is 0 Å². The lowest BCUT2D eigenvalue weighted by Crippen LogP contribution is -2.34. The third-order valence-electron chi connectivity index (χ3n) is 8.47. The summed E-state index contributed by atoms with van der Waals surface area (Å²) < 4.78 is 13.3. The van der Waals surface area contributed by atoms with Crippen molar-refractivity contribution < 1.29 is 18.7 Å². The van der Waals surface area contributed by atoms with Crippen molar-refractivity contribution in [3.05, 3.63) is 89.0 Å². The van der Waals surface area contributed by atoms with Crippen molar-refractivity contribution in [1.29, 1.82) is 0 Å². The fourth-order valence-electron chi connectivity index (χ4n) is 6.25. The summed E-state index contributed by atoms with van der Waals surface area (Å²) in [7, 11) is 0. The van der Waals surface area contributed by atoms with E-state index in [-0.39, 0.29) is 24.2 Å². The van der Waals surface area contributed by atoms with Crippen LogP contribution in [0.5, 0.6) is 0 Å². The molecule has 1 unspecified atom stereocenters. The molecule has 7 nitrogen and oxygen atoms in total. The van der Waals surface area contributed by atoms with Crippen LogP contribution in [0, 0.1) is 19.8 Å². The average molecular weight is 554 g/mol. The average Bonchev–Trinajstić information content (AvgIpc) is 3.62. The Morgan fingerprint density at radius 1 is 0.951 bits per heavy atom. The smallest absolute Gasteiger partial charge is 0.234 e. The standard InChI is InChI=1S/C34H39N3O4/c1-23-6-9-28(30(20-23)36-15-4-3-5-16-36)33(31-11-7-24(2)41-31)35-32(38)22-25-8-10-29-27(21-25)12-17-37(29)34(39)26-13-18-40-19-14-26/h6-12,17,20-21,26,33H,3-5,13-16,18-19,22H2,1-2H3,(H,35,38). The number of nitrogens with zero attached hydrogens (tertiary/aromatic N) is 2. The van der Waals surface area contributed by atoms with Gasteiger partial charge in [0.05, 0.1) is 11.9 Å². The summed E-state index contributed by atoms with van der Waals surface area (Å²) in [6.07, 6.45) is 7.20. The van der Waals surface area contributed by atoms with Crippen molar-refractivity contribution in [2.45, 2.75) is 58.4 Å². The molecular formula is C34H39N3O4. The fraction of sp³-hybridized carbons (Fsp3) is 0.412. The first-order chi connectivity index (χ1) is 20.0. The maximum atomic E-state index is 13.5. The minimum atomic E-state index is -0.393. The molecule has 0 radical (unpaired) electrons. The molecule has 0 saturated carbocycles. The highest BCUT2D eigenvalue weighted by atomic mass is 16.5. The van der Waals surface area contributed by atoms with E-state index in [1.165, 1.54) is 30.5 Å². The minimum Gasteiger partial charge on any atom is -0.464 e. The van der Waals surface area contributed by atoms with Gasteiger partial charge in [0.2, 0.25) is 11.8 Å². The summed E-state index contributed by atoms with van der Waals surface area (Å²) in [5, 5.41) is 4.25. The number of benzene rings is 2. The van der Waals surface area contributed by atoms with Crippen LogP contribution in [0.1, 0.15) is 71.2 Å². The molecule has 2 aromatic heterocycles. The van der Waals surface area contributed by atoms with Crippen LogP contribution in [-0.4, -0.2) is 42.7 Å².